The van der Waals surface area contributed by atoms with Crippen molar-refractivity contribution in [1.82, 2.24) is 0 Å². The molecule has 12 heterocycles. The van der Waals surface area contributed by atoms with E-state index in [-0.39, 0.29) is 0 Å². The highest BCUT2D eigenvalue weighted by Crippen LogP contribution is 2.51. The third kappa shape index (κ3) is 12.2. The van der Waals surface area contributed by atoms with Crippen LogP contribution in [0.4, 0.5) is 0 Å². The Morgan fingerprint density at radius 2 is 0.309 bits per heavy atom. The Hall–Kier alpha value is -8.84. The average Bonchev–Trinajstić information content (AvgIpc) is 1.61. The molecule has 16 rings (SSSR count). The molecular weight excluding hydrogens is 1440 g/mol. The second-order valence-corrected chi connectivity index (χ2v) is 35.3. The fraction of sp³-hybridized carbons (Fsp3) is 0.0130. The number of carboxylic acids is 4. The van der Waals surface area contributed by atoms with Crippen LogP contribution in [-0.2, 0) is 5.41 Å². The molecule has 97 heavy (non-hydrogen) atoms. The summed E-state index contributed by atoms with van der Waals surface area (Å²) in [4.78, 5) is 69.5. The van der Waals surface area contributed by atoms with Crippen molar-refractivity contribution in [1.29, 1.82) is 0 Å². The number of carbonyl (C=O) groups is 4. The standard InChI is InChI=1S/C77H44O8S12/c78-73(79)69-37-33-65(94-69)61-29-25-57(90-61)53-21-17-49(86-53)41-1-9-45(10-2-41)77(46-11-3-42(4-12-46)50-18-22-54(87-50)58-26-30-62(91-58)66-34-38-70(95-66)74(80)81,47-13-5-43(6-14-47)51-19-23-55(88-51)59-27-31-63(92-59)67-35-39-71(96-67)75(82)83)48-15-7-44(8-16-48)52-20-24-56(89-52)60-28-32-64(93-60)68-36-40-72(97-68)76(84)85/h1-40H,(H,78,79)(H,80,81)(H,82,83)(H,84,85). The van der Waals surface area contributed by atoms with E-state index in [2.05, 4.69) is 194 Å². The molecule has 0 atom stereocenters. The maximum absolute atomic E-state index is 11.7. The zero-order chi connectivity index (χ0) is 66.1. The van der Waals surface area contributed by atoms with E-state index in [1.807, 2.05) is 24.3 Å². The SMILES string of the molecule is O=C(O)c1ccc(-c2ccc(-c3ccc(-c4ccc(C(c5ccc(-c6ccc(-c7ccc(-c8ccc(C(=O)O)s8)s7)s6)cc5)(c5ccc(-c6ccc(-c7ccc(-c8ccc(C(=O)O)s8)s7)s6)cc5)c5ccc(-c6ccc(-c7ccc(-c8ccc(C(=O)O)s8)s7)s6)cc5)cc4)s3)s2)s1. The van der Waals surface area contributed by atoms with Gasteiger partial charge in [-0.15, -0.1) is 136 Å². The normalized spacial score (nSPS) is 11.6. The number of hydrogen-bond donors (Lipinski definition) is 4. The van der Waals surface area contributed by atoms with Gasteiger partial charge in [0.2, 0.25) is 0 Å². The van der Waals surface area contributed by atoms with Crippen LogP contribution < -0.4 is 0 Å². The third-order valence-corrected chi connectivity index (χ3v) is 31.2. The number of benzene rings is 4. The average molecular weight is 1480 g/mol. The van der Waals surface area contributed by atoms with E-state index in [1.54, 1.807) is 115 Å². The van der Waals surface area contributed by atoms with Gasteiger partial charge < -0.3 is 20.4 Å². The van der Waals surface area contributed by atoms with Crippen molar-refractivity contribution in [3.63, 3.8) is 0 Å². The molecule has 8 nitrogen and oxygen atoms in total. The Balaban J connectivity index is 0.782. The lowest BCUT2D eigenvalue weighted by Crippen LogP contribution is -2.31. The van der Waals surface area contributed by atoms with Crippen molar-refractivity contribution in [2.24, 2.45) is 0 Å². The minimum absolute atomic E-state index is 0.318. The van der Waals surface area contributed by atoms with Crippen LogP contribution >= 0.6 is 136 Å². The molecule has 4 aromatic carbocycles. The summed E-state index contributed by atoms with van der Waals surface area (Å²) in [5, 5.41) is 38.4. The Bertz CT molecular complexity index is 4920. The van der Waals surface area contributed by atoms with Crippen LogP contribution in [0.5, 0.6) is 0 Å². The maximum Gasteiger partial charge on any atom is 0.345 e. The molecule has 20 heteroatoms. The molecule has 0 saturated carbocycles. The molecule has 0 aliphatic heterocycles. The third-order valence-electron chi connectivity index (χ3n) is 16.5. The van der Waals surface area contributed by atoms with E-state index in [0.717, 1.165) is 142 Å². The monoisotopic (exact) mass is 1480 g/mol. The van der Waals surface area contributed by atoms with Gasteiger partial charge in [-0.1, -0.05) is 97.1 Å². The van der Waals surface area contributed by atoms with Gasteiger partial charge in [0.15, 0.2) is 0 Å². The van der Waals surface area contributed by atoms with Gasteiger partial charge in [0.05, 0.1) is 5.41 Å². The fourth-order valence-corrected chi connectivity index (χ4v) is 24.0. The summed E-state index contributed by atoms with van der Waals surface area (Å²) in [5.74, 6) is -3.69. The summed E-state index contributed by atoms with van der Waals surface area (Å²) in [6.45, 7) is 0. The lowest BCUT2D eigenvalue weighted by Gasteiger charge is -2.37. The predicted molar refractivity (Wildman–Crippen MR) is 412 cm³/mol. The fourth-order valence-electron chi connectivity index (χ4n) is 11.8. The van der Waals surface area contributed by atoms with E-state index >= 15 is 0 Å². The van der Waals surface area contributed by atoms with Crippen LogP contribution in [0.2, 0.25) is 0 Å². The van der Waals surface area contributed by atoms with Crippen molar-refractivity contribution >= 4 is 160 Å². The van der Waals surface area contributed by atoms with E-state index < -0.39 is 29.3 Å². The van der Waals surface area contributed by atoms with Crippen LogP contribution in [0.1, 0.15) is 60.9 Å². The molecule has 4 N–H and O–H groups in total. The highest BCUT2D eigenvalue weighted by atomic mass is 32.1. The molecular formula is C77H44O8S12. The van der Waals surface area contributed by atoms with Gasteiger partial charge >= 0.3 is 23.9 Å². The Morgan fingerprint density at radius 1 is 0.175 bits per heavy atom. The molecule has 0 fully saturated rings. The number of aromatic carboxylic acids is 4. The van der Waals surface area contributed by atoms with Crippen molar-refractivity contribution < 1.29 is 39.6 Å². The van der Waals surface area contributed by atoms with Gasteiger partial charge in [-0.3, -0.25) is 0 Å². The van der Waals surface area contributed by atoms with Crippen LogP contribution in [0.3, 0.4) is 0 Å². The first kappa shape index (κ1) is 62.9. The summed E-state index contributed by atoms with van der Waals surface area (Å²) < 4.78 is 0. The van der Waals surface area contributed by atoms with E-state index in [0.29, 0.717) is 19.5 Å². The topological polar surface area (TPSA) is 149 Å². The van der Waals surface area contributed by atoms with E-state index in [9.17, 15) is 39.6 Å². The molecule has 0 spiro atoms. The summed E-state index contributed by atoms with van der Waals surface area (Å²) in [7, 11) is 0. The number of carboxylic acid groups (broad SMARTS) is 4. The lowest BCUT2D eigenvalue weighted by molar-refractivity contribution is 0.0691. The highest BCUT2D eigenvalue weighted by molar-refractivity contribution is 7.30. The molecule has 0 amide bonds. The molecule has 16 aromatic rings. The van der Waals surface area contributed by atoms with Crippen molar-refractivity contribution in [3.8, 4) is 120 Å². The molecule has 0 radical (unpaired) electrons. The quantitative estimate of drug-likeness (QED) is 0.0551. The van der Waals surface area contributed by atoms with Crippen LogP contribution in [0.15, 0.2) is 243 Å². The summed E-state index contributed by atoms with van der Waals surface area (Å²) >= 11 is 18.7. The van der Waals surface area contributed by atoms with Crippen molar-refractivity contribution in [2.45, 2.75) is 5.41 Å². The van der Waals surface area contributed by atoms with Gasteiger partial charge in [0.1, 0.15) is 19.5 Å². The Labute approximate surface area is 603 Å². The summed E-state index contributed by atoms with van der Waals surface area (Å²) in [6, 6.07) is 84.5. The van der Waals surface area contributed by atoms with E-state index in [1.165, 1.54) is 45.3 Å². The first-order valence-corrected chi connectivity index (χ1v) is 39.6. The van der Waals surface area contributed by atoms with Crippen LogP contribution in [-0.4, -0.2) is 44.3 Å². The van der Waals surface area contributed by atoms with Gasteiger partial charge in [-0.05, 0) is 190 Å². The van der Waals surface area contributed by atoms with Crippen LogP contribution in [0, 0.1) is 0 Å². The number of hydrogen-bond acceptors (Lipinski definition) is 16. The Morgan fingerprint density at radius 3 is 0.464 bits per heavy atom. The summed E-state index contributed by atoms with van der Waals surface area (Å²) in [6.07, 6.45) is 0. The second kappa shape index (κ2) is 26.2. The molecule has 0 saturated heterocycles. The van der Waals surface area contributed by atoms with Gasteiger partial charge in [0, 0.05) is 97.5 Å². The highest BCUT2D eigenvalue weighted by Gasteiger charge is 2.39. The molecule has 0 unspecified atom stereocenters. The zero-order valence-electron chi connectivity index (χ0n) is 49.9. The first-order chi connectivity index (χ1) is 47.2. The van der Waals surface area contributed by atoms with Gasteiger partial charge in [0.25, 0.3) is 0 Å². The Kier molecular flexibility index (Phi) is 17.0. The minimum atomic E-state index is -0.922. The zero-order valence-corrected chi connectivity index (χ0v) is 59.7. The number of rotatable bonds is 20. The summed E-state index contributed by atoms with van der Waals surface area (Å²) in [5.41, 5.74) is 7.80. The molecule has 0 aliphatic carbocycles. The maximum atomic E-state index is 11.7. The molecule has 0 aliphatic rings. The second-order valence-electron chi connectivity index (χ2n) is 22.2. The predicted octanol–water partition coefficient (Wildman–Crippen LogP) is 25.6. The van der Waals surface area contributed by atoms with Crippen molar-refractivity contribution in [3.05, 3.63) is 284 Å². The van der Waals surface area contributed by atoms with Crippen LogP contribution in [0.25, 0.3) is 120 Å². The van der Waals surface area contributed by atoms with Gasteiger partial charge in [-0.25, -0.2) is 19.2 Å². The molecule has 0 bridgehead atoms. The number of thiophene rings is 12. The lowest BCUT2D eigenvalue weighted by atomic mass is 9.64. The van der Waals surface area contributed by atoms with Crippen molar-refractivity contribution in [2.75, 3.05) is 0 Å². The molecule has 472 valence electrons. The van der Waals surface area contributed by atoms with E-state index in [4.69, 9.17) is 0 Å². The smallest absolute Gasteiger partial charge is 0.345 e. The van der Waals surface area contributed by atoms with Gasteiger partial charge in [-0.2, -0.15) is 0 Å². The minimum Gasteiger partial charge on any atom is -0.477 e. The largest absolute Gasteiger partial charge is 0.477 e. The first-order valence-electron chi connectivity index (χ1n) is 29.8. The molecule has 12 aromatic heterocycles.